The van der Waals surface area contributed by atoms with Crippen LogP contribution < -0.4 is 16.6 Å². The third kappa shape index (κ3) is 3.45. The molecule has 0 radical (unpaired) electrons. The number of H-pyrrole nitrogens is 1. The second kappa shape index (κ2) is 5.18. The molecule has 1 amide bonds. The third-order valence-corrected chi connectivity index (χ3v) is 3.01. The molecule has 1 saturated carbocycles. The van der Waals surface area contributed by atoms with Crippen molar-refractivity contribution in [3.8, 4) is 0 Å². The molecule has 0 unspecified atom stereocenters. The summed E-state index contributed by atoms with van der Waals surface area (Å²) in [6.45, 7) is 0. The van der Waals surface area contributed by atoms with Gasteiger partial charge in [0, 0.05) is 31.0 Å². The smallest absolute Gasteiger partial charge is 0.280 e. The van der Waals surface area contributed by atoms with E-state index in [0.29, 0.717) is 18.6 Å². The van der Waals surface area contributed by atoms with Gasteiger partial charge in [-0.05, 0) is 19.3 Å². The molecular formula is C11H17N3O3. The van der Waals surface area contributed by atoms with Gasteiger partial charge in [-0.3, -0.25) is 9.59 Å². The molecule has 1 aromatic rings. The molecular weight excluding hydrogens is 222 g/mol. The molecule has 1 aliphatic rings. The summed E-state index contributed by atoms with van der Waals surface area (Å²) in [5, 5.41) is 5.13. The summed E-state index contributed by atoms with van der Waals surface area (Å²) in [7, 11) is 0. The van der Waals surface area contributed by atoms with E-state index >= 15 is 0 Å². The number of aromatic nitrogens is 1. The zero-order chi connectivity index (χ0) is 12.3. The van der Waals surface area contributed by atoms with E-state index in [0.717, 1.165) is 19.3 Å². The van der Waals surface area contributed by atoms with Crippen LogP contribution in [-0.2, 0) is 11.2 Å². The number of amides is 1. The van der Waals surface area contributed by atoms with Gasteiger partial charge in [0.05, 0.1) is 0 Å². The van der Waals surface area contributed by atoms with E-state index in [1.54, 1.807) is 0 Å². The fourth-order valence-corrected chi connectivity index (χ4v) is 2.13. The number of nitrogens with one attached hydrogen (secondary N) is 2. The number of hydrogen-bond acceptors (Lipinski definition) is 4. The fraction of sp³-hybridized carbons (Fsp3) is 0.636. The highest BCUT2D eigenvalue weighted by Gasteiger charge is 2.22. The van der Waals surface area contributed by atoms with Crippen LogP contribution >= 0.6 is 0 Å². The number of nitrogens with two attached hydrogens (primary N) is 1. The number of aryl methyl sites for hydroxylation is 1. The highest BCUT2D eigenvalue weighted by molar-refractivity contribution is 5.76. The second-order valence-corrected chi connectivity index (χ2v) is 4.52. The van der Waals surface area contributed by atoms with Crippen molar-refractivity contribution in [2.75, 3.05) is 0 Å². The topological polar surface area (TPSA) is 101 Å². The minimum Gasteiger partial charge on any atom is -0.384 e. The van der Waals surface area contributed by atoms with Crippen molar-refractivity contribution in [2.45, 2.75) is 44.2 Å². The van der Waals surface area contributed by atoms with Gasteiger partial charge in [0.25, 0.3) is 5.56 Å². The molecule has 4 N–H and O–H groups in total. The van der Waals surface area contributed by atoms with Crippen LogP contribution in [0.3, 0.4) is 0 Å². The summed E-state index contributed by atoms with van der Waals surface area (Å²) in [6, 6.07) is 1.78. The van der Waals surface area contributed by atoms with E-state index in [1.165, 1.54) is 6.07 Å². The van der Waals surface area contributed by atoms with Gasteiger partial charge in [0.15, 0.2) is 0 Å². The Bertz CT molecular complexity index is 437. The number of aromatic amines is 1. The molecule has 1 heterocycles. The lowest BCUT2D eigenvalue weighted by atomic mass is 10.2. The van der Waals surface area contributed by atoms with Crippen molar-refractivity contribution >= 4 is 5.91 Å². The monoisotopic (exact) mass is 239 g/mol. The fourth-order valence-electron chi connectivity index (χ4n) is 2.13. The molecule has 1 fully saturated rings. The first kappa shape index (κ1) is 11.9. The molecule has 0 bridgehead atoms. The first-order valence-electron chi connectivity index (χ1n) is 5.86. The zero-order valence-electron chi connectivity index (χ0n) is 9.57. The van der Waals surface area contributed by atoms with E-state index in [-0.39, 0.29) is 23.6 Å². The van der Waals surface area contributed by atoms with Crippen LogP contribution in [0, 0.1) is 0 Å². The van der Waals surface area contributed by atoms with Crippen LogP contribution in [0.1, 0.15) is 31.4 Å². The SMILES string of the molecule is N[C@@H]1CC[C@@H](NC(=O)CCc2cc(=O)[nH]o2)C1. The predicted octanol–water partition coefficient (Wildman–Crippen LogP) is -0.104. The van der Waals surface area contributed by atoms with Crippen molar-refractivity contribution in [1.29, 1.82) is 0 Å². The van der Waals surface area contributed by atoms with Crippen LogP contribution in [-0.4, -0.2) is 23.1 Å². The number of carbonyl (C=O) groups is 1. The van der Waals surface area contributed by atoms with Crippen molar-refractivity contribution in [2.24, 2.45) is 5.73 Å². The van der Waals surface area contributed by atoms with Crippen molar-refractivity contribution in [3.05, 3.63) is 22.2 Å². The highest BCUT2D eigenvalue weighted by atomic mass is 16.5. The number of hydrogen-bond donors (Lipinski definition) is 3. The third-order valence-electron chi connectivity index (χ3n) is 3.01. The number of carbonyl (C=O) groups excluding carboxylic acids is 1. The summed E-state index contributed by atoms with van der Waals surface area (Å²) < 4.78 is 4.86. The Balaban J connectivity index is 1.72. The molecule has 0 aromatic carbocycles. The molecule has 6 nitrogen and oxygen atoms in total. The van der Waals surface area contributed by atoms with Gasteiger partial charge >= 0.3 is 0 Å². The summed E-state index contributed by atoms with van der Waals surface area (Å²) in [6.07, 6.45) is 3.53. The summed E-state index contributed by atoms with van der Waals surface area (Å²) in [5.74, 6) is 0.487. The Kier molecular flexibility index (Phi) is 3.63. The molecule has 1 aromatic heterocycles. The van der Waals surface area contributed by atoms with Crippen molar-refractivity contribution in [3.63, 3.8) is 0 Å². The highest BCUT2D eigenvalue weighted by Crippen LogP contribution is 2.17. The molecule has 0 saturated heterocycles. The Hall–Kier alpha value is -1.56. The normalized spacial score (nSPS) is 23.8. The van der Waals surface area contributed by atoms with Gasteiger partial charge in [-0.15, -0.1) is 0 Å². The van der Waals surface area contributed by atoms with Gasteiger partial charge in [0.1, 0.15) is 5.76 Å². The maximum atomic E-state index is 11.6. The quantitative estimate of drug-likeness (QED) is 0.682. The minimum absolute atomic E-state index is 0.0204. The molecule has 0 aliphatic heterocycles. The molecule has 1 aliphatic carbocycles. The van der Waals surface area contributed by atoms with Crippen LogP contribution in [0.4, 0.5) is 0 Å². The Morgan fingerprint density at radius 2 is 2.41 bits per heavy atom. The van der Waals surface area contributed by atoms with Crippen LogP contribution in [0.2, 0.25) is 0 Å². The van der Waals surface area contributed by atoms with Crippen molar-refractivity contribution in [1.82, 2.24) is 10.5 Å². The Morgan fingerprint density at radius 1 is 1.59 bits per heavy atom. The lowest BCUT2D eigenvalue weighted by Crippen LogP contribution is -2.34. The van der Waals surface area contributed by atoms with E-state index < -0.39 is 0 Å². The Labute approximate surface area is 98.5 Å². The maximum Gasteiger partial charge on any atom is 0.280 e. The molecule has 2 atom stereocenters. The van der Waals surface area contributed by atoms with Crippen LogP contribution in [0.5, 0.6) is 0 Å². The minimum atomic E-state index is -0.276. The van der Waals surface area contributed by atoms with Crippen LogP contribution in [0.15, 0.2) is 15.4 Å². The van der Waals surface area contributed by atoms with Gasteiger partial charge in [-0.2, -0.15) is 5.16 Å². The molecule has 94 valence electrons. The van der Waals surface area contributed by atoms with Crippen LogP contribution in [0.25, 0.3) is 0 Å². The lowest BCUT2D eigenvalue weighted by molar-refractivity contribution is -0.121. The average Bonchev–Trinajstić information content (AvgIpc) is 2.85. The zero-order valence-corrected chi connectivity index (χ0v) is 9.57. The molecule has 0 spiro atoms. The molecule has 17 heavy (non-hydrogen) atoms. The van der Waals surface area contributed by atoms with E-state index in [1.807, 2.05) is 0 Å². The van der Waals surface area contributed by atoms with E-state index in [2.05, 4.69) is 10.5 Å². The predicted molar refractivity (Wildman–Crippen MR) is 61.4 cm³/mol. The average molecular weight is 239 g/mol. The summed E-state index contributed by atoms with van der Waals surface area (Å²) >= 11 is 0. The molecule has 2 rings (SSSR count). The van der Waals surface area contributed by atoms with Gasteiger partial charge < -0.3 is 15.6 Å². The second-order valence-electron chi connectivity index (χ2n) is 4.52. The van der Waals surface area contributed by atoms with Gasteiger partial charge in [0.2, 0.25) is 5.91 Å². The lowest BCUT2D eigenvalue weighted by Gasteiger charge is -2.11. The Morgan fingerprint density at radius 3 is 3.00 bits per heavy atom. The maximum absolute atomic E-state index is 11.6. The van der Waals surface area contributed by atoms with Gasteiger partial charge in [-0.1, -0.05) is 0 Å². The molecule has 6 heteroatoms. The summed E-state index contributed by atoms with van der Waals surface area (Å²) in [4.78, 5) is 22.4. The summed E-state index contributed by atoms with van der Waals surface area (Å²) in [5.41, 5.74) is 5.49. The largest absolute Gasteiger partial charge is 0.384 e. The first-order valence-corrected chi connectivity index (χ1v) is 5.86. The number of rotatable bonds is 4. The van der Waals surface area contributed by atoms with Gasteiger partial charge in [-0.25, -0.2) is 0 Å². The standard InChI is InChI=1S/C11H17N3O3/c12-7-1-2-8(5-7)13-10(15)4-3-9-6-11(16)14-17-9/h6-8H,1-5,12H2,(H,13,15)(H,14,16)/t7-,8-/m1/s1. The first-order chi connectivity index (χ1) is 8.13. The van der Waals surface area contributed by atoms with Crippen molar-refractivity contribution < 1.29 is 9.32 Å². The van der Waals surface area contributed by atoms with E-state index in [4.69, 9.17) is 10.3 Å². The van der Waals surface area contributed by atoms with E-state index in [9.17, 15) is 9.59 Å².